The summed E-state index contributed by atoms with van der Waals surface area (Å²) >= 11 is 0. The number of aliphatic hydroxyl groups is 1. The Kier molecular flexibility index (Phi) is 5.12. The van der Waals surface area contributed by atoms with Gasteiger partial charge in [0.05, 0.1) is 11.7 Å². The molecular formula is C13H20N2O3. The molecule has 0 radical (unpaired) electrons. The normalized spacial score (nSPS) is 14.2. The van der Waals surface area contributed by atoms with Crippen LogP contribution in [-0.2, 0) is 0 Å². The number of nitrogens with two attached hydrogens (primary N) is 1. The summed E-state index contributed by atoms with van der Waals surface area (Å²) in [7, 11) is 0. The van der Waals surface area contributed by atoms with Gasteiger partial charge in [0.15, 0.2) is 0 Å². The van der Waals surface area contributed by atoms with Gasteiger partial charge in [0.1, 0.15) is 5.75 Å². The Bertz CT molecular complexity index is 421. The summed E-state index contributed by atoms with van der Waals surface area (Å²) in [5, 5.41) is 22.6. The first-order chi connectivity index (χ1) is 8.45. The minimum absolute atomic E-state index is 0.0232. The van der Waals surface area contributed by atoms with Gasteiger partial charge in [-0.15, -0.1) is 0 Å². The Morgan fingerprint density at radius 1 is 1.50 bits per heavy atom. The van der Waals surface area contributed by atoms with Crippen LogP contribution in [-0.4, -0.2) is 28.7 Å². The molecule has 0 bridgehead atoms. The Hall–Kier alpha value is -1.59. The van der Waals surface area contributed by atoms with Crippen LogP contribution in [0.1, 0.15) is 42.3 Å². The fourth-order valence-electron chi connectivity index (χ4n) is 1.53. The van der Waals surface area contributed by atoms with E-state index in [-0.39, 0.29) is 11.3 Å². The van der Waals surface area contributed by atoms with Crippen molar-refractivity contribution in [1.82, 2.24) is 5.32 Å². The number of hydrogen-bond acceptors (Lipinski definition) is 4. The Morgan fingerprint density at radius 3 is 2.72 bits per heavy atom. The monoisotopic (exact) mass is 252 g/mol. The maximum absolute atomic E-state index is 11.1. The number of aliphatic hydroxyl groups excluding tert-OH is 1. The van der Waals surface area contributed by atoms with E-state index in [1.807, 2.05) is 6.92 Å². The molecule has 100 valence electrons. The second-order valence-corrected chi connectivity index (χ2v) is 4.37. The van der Waals surface area contributed by atoms with Crippen molar-refractivity contribution in [2.45, 2.75) is 32.4 Å². The molecule has 0 aromatic heterocycles. The van der Waals surface area contributed by atoms with E-state index in [1.165, 1.54) is 12.1 Å². The van der Waals surface area contributed by atoms with Crippen molar-refractivity contribution < 1.29 is 15.0 Å². The predicted molar refractivity (Wildman–Crippen MR) is 69.3 cm³/mol. The molecule has 5 heteroatoms. The minimum Gasteiger partial charge on any atom is -0.507 e. The maximum Gasteiger partial charge on any atom is 0.252 e. The molecule has 0 fully saturated rings. The number of phenols is 1. The predicted octanol–water partition coefficient (Wildman–Crippen LogP) is 0.913. The van der Waals surface area contributed by atoms with Crippen LogP contribution in [0.15, 0.2) is 18.2 Å². The molecule has 1 aromatic carbocycles. The van der Waals surface area contributed by atoms with Crippen molar-refractivity contribution in [3.8, 4) is 5.75 Å². The number of amides is 1. The number of carbonyl (C=O) groups excluding carboxylic acids is 1. The Labute approximate surface area is 107 Å². The standard InChI is InChI=1S/C13H20N2O3/c1-3-8(2)15-7-12(17)9-4-5-11(16)10(6-9)13(14)18/h4-6,8,12,15-17H,3,7H2,1-2H3,(H2,14,18). The highest BCUT2D eigenvalue weighted by Crippen LogP contribution is 2.21. The van der Waals surface area contributed by atoms with Gasteiger partial charge in [-0.05, 0) is 31.0 Å². The zero-order chi connectivity index (χ0) is 13.7. The average Bonchev–Trinajstić information content (AvgIpc) is 2.35. The van der Waals surface area contributed by atoms with E-state index in [4.69, 9.17) is 5.73 Å². The van der Waals surface area contributed by atoms with Gasteiger partial charge >= 0.3 is 0 Å². The molecule has 0 aliphatic rings. The third kappa shape index (κ3) is 3.72. The van der Waals surface area contributed by atoms with Crippen molar-refractivity contribution in [3.63, 3.8) is 0 Å². The van der Waals surface area contributed by atoms with Crippen LogP contribution >= 0.6 is 0 Å². The van der Waals surface area contributed by atoms with Gasteiger partial charge < -0.3 is 21.3 Å². The third-order valence-electron chi connectivity index (χ3n) is 2.94. The van der Waals surface area contributed by atoms with Crippen molar-refractivity contribution in [1.29, 1.82) is 0 Å². The van der Waals surface area contributed by atoms with Gasteiger partial charge in [-0.2, -0.15) is 0 Å². The van der Waals surface area contributed by atoms with Gasteiger partial charge in [-0.25, -0.2) is 0 Å². The lowest BCUT2D eigenvalue weighted by atomic mass is 10.0. The molecule has 0 saturated heterocycles. The zero-order valence-electron chi connectivity index (χ0n) is 10.7. The highest BCUT2D eigenvalue weighted by molar-refractivity contribution is 5.95. The van der Waals surface area contributed by atoms with Crippen molar-refractivity contribution >= 4 is 5.91 Å². The highest BCUT2D eigenvalue weighted by Gasteiger charge is 2.13. The van der Waals surface area contributed by atoms with Gasteiger partial charge in [0.2, 0.25) is 0 Å². The van der Waals surface area contributed by atoms with Crippen LogP contribution in [0.3, 0.4) is 0 Å². The van der Waals surface area contributed by atoms with Crippen LogP contribution in [0.25, 0.3) is 0 Å². The number of primary amides is 1. The van der Waals surface area contributed by atoms with E-state index in [1.54, 1.807) is 6.07 Å². The highest BCUT2D eigenvalue weighted by atomic mass is 16.3. The Morgan fingerprint density at radius 2 is 2.17 bits per heavy atom. The number of carbonyl (C=O) groups is 1. The van der Waals surface area contributed by atoms with E-state index >= 15 is 0 Å². The van der Waals surface area contributed by atoms with E-state index in [0.29, 0.717) is 18.2 Å². The topological polar surface area (TPSA) is 95.6 Å². The molecule has 2 atom stereocenters. The van der Waals surface area contributed by atoms with E-state index in [2.05, 4.69) is 12.2 Å². The lowest BCUT2D eigenvalue weighted by Crippen LogP contribution is -2.29. The molecule has 2 unspecified atom stereocenters. The molecule has 0 aliphatic heterocycles. The third-order valence-corrected chi connectivity index (χ3v) is 2.94. The van der Waals surface area contributed by atoms with Crippen LogP contribution in [0.5, 0.6) is 5.75 Å². The Balaban J connectivity index is 2.77. The molecule has 18 heavy (non-hydrogen) atoms. The number of nitrogens with one attached hydrogen (secondary N) is 1. The van der Waals surface area contributed by atoms with Crippen molar-refractivity contribution in [2.24, 2.45) is 5.73 Å². The second-order valence-electron chi connectivity index (χ2n) is 4.37. The van der Waals surface area contributed by atoms with Gasteiger partial charge in [-0.3, -0.25) is 4.79 Å². The second kappa shape index (κ2) is 6.37. The lowest BCUT2D eigenvalue weighted by molar-refractivity contribution is 0.0997. The zero-order valence-corrected chi connectivity index (χ0v) is 10.7. The quantitative estimate of drug-likeness (QED) is 0.605. The molecule has 0 saturated carbocycles. The van der Waals surface area contributed by atoms with Gasteiger partial charge in [-0.1, -0.05) is 13.0 Å². The van der Waals surface area contributed by atoms with Crippen LogP contribution in [0, 0.1) is 0 Å². The largest absolute Gasteiger partial charge is 0.507 e. The number of benzene rings is 1. The fraction of sp³-hybridized carbons (Fsp3) is 0.462. The first-order valence-electron chi connectivity index (χ1n) is 5.99. The van der Waals surface area contributed by atoms with E-state index in [9.17, 15) is 15.0 Å². The summed E-state index contributed by atoms with van der Waals surface area (Å²) in [6.45, 7) is 4.46. The van der Waals surface area contributed by atoms with Crippen LogP contribution in [0.2, 0.25) is 0 Å². The molecule has 5 nitrogen and oxygen atoms in total. The molecular weight excluding hydrogens is 232 g/mol. The summed E-state index contributed by atoms with van der Waals surface area (Å²) in [4.78, 5) is 11.1. The number of hydrogen-bond donors (Lipinski definition) is 4. The maximum atomic E-state index is 11.1. The summed E-state index contributed by atoms with van der Waals surface area (Å²) in [6, 6.07) is 4.67. The molecule has 0 aliphatic carbocycles. The summed E-state index contributed by atoms with van der Waals surface area (Å²) < 4.78 is 0. The van der Waals surface area contributed by atoms with E-state index < -0.39 is 12.0 Å². The summed E-state index contributed by atoms with van der Waals surface area (Å²) in [5.74, 6) is -0.884. The lowest BCUT2D eigenvalue weighted by Gasteiger charge is -2.16. The molecule has 1 amide bonds. The first kappa shape index (κ1) is 14.5. The molecule has 5 N–H and O–H groups in total. The van der Waals surface area contributed by atoms with Crippen LogP contribution < -0.4 is 11.1 Å². The van der Waals surface area contributed by atoms with Crippen molar-refractivity contribution in [3.05, 3.63) is 29.3 Å². The molecule has 0 spiro atoms. The van der Waals surface area contributed by atoms with Gasteiger partial charge in [0.25, 0.3) is 5.91 Å². The smallest absolute Gasteiger partial charge is 0.252 e. The molecule has 0 heterocycles. The van der Waals surface area contributed by atoms with Crippen LogP contribution in [0.4, 0.5) is 0 Å². The molecule has 1 rings (SSSR count). The van der Waals surface area contributed by atoms with E-state index in [0.717, 1.165) is 6.42 Å². The summed E-state index contributed by atoms with van der Waals surface area (Å²) in [5.41, 5.74) is 5.71. The first-order valence-corrected chi connectivity index (χ1v) is 5.99. The number of rotatable bonds is 6. The molecule has 1 aromatic rings. The summed E-state index contributed by atoms with van der Waals surface area (Å²) in [6.07, 6.45) is 0.229. The van der Waals surface area contributed by atoms with Crippen molar-refractivity contribution in [2.75, 3.05) is 6.54 Å². The van der Waals surface area contributed by atoms with Gasteiger partial charge in [0, 0.05) is 12.6 Å². The average molecular weight is 252 g/mol. The number of aromatic hydroxyl groups is 1. The minimum atomic E-state index is -0.738. The fourth-order valence-corrected chi connectivity index (χ4v) is 1.53. The SMILES string of the molecule is CCC(C)NCC(O)c1ccc(O)c(C(N)=O)c1.